The molecule has 1 aliphatic heterocycles. The predicted molar refractivity (Wildman–Crippen MR) is 44.4 cm³/mol. The van der Waals surface area contributed by atoms with E-state index >= 15 is 0 Å². The van der Waals surface area contributed by atoms with Gasteiger partial charge in [0.15, 0.2) is 0 Å². The fourth-order valence-electron chi connectivity index (χ4n) is 1.26. The summed E-state index contributed by atoms with van der Waals surface area (Å²) in [5.74, 6) is 0.173. The highest BCUT2D eigenvalue weighted by molar-refractivity contribution is 5.78. The quantitative estimate of drug-likeness (QED) is 0.634. The van der Waals surface area contributed by atoms with Crippen LogP contribution in [0.25, 0.3) is 0 Å². The fraction of sp³-hybridized carbons (Fsp3) is 0.875. The molecular formula is C8H16N2O. The van der Waals surface area contributed by atoms with Gasteiger partial charge in [-0.25, -0.2) is 0 Å². The van der Waals surface area contributed by atoms with Crippen molar-refractivity contribution in [2.24, 2.45) is 0 Å². The minimum absolute atomic E-state index is 0.173. The molecule has 0 saturated carbocycles. The molecule has 1 fully saturated rings. The van der Waals surface area contributed by atoms with E-state index in [0.717, 1.165) is 19.6 Å². The third kappa shape index (κ3) is 2.89. The van der Waals surface area contributed by atoms with Crippen LogP contribution in [-0.4, -0.2) is 37.0 Å². The first-order chi connectivity index (χ1) is 5.33. The van der Waals surface area contributed by atoms with Gasteiger partial charge in [-0.2, -0.15) is 0 Å². The van der Waals surface area contributed by atoms with Crippen molar-refractivity contribution < 1.29 is 4.79 Å². The van der Waals surface area contributed by atoms with Crippen molar-refractivity contribution in [3.05, 3.63) is 0 Å². The van der Waals surface area contributed by atoms with Gasteiger partial charge in [-0.05, 0) is 13.0 Å². The SMILES string of the molecule is CCCCN1CCNC(=O)C1. The zero-order valence-corrected chi connectivity index (χ0v) is 7.10. The van der Waals surface area contributed by atoms with E-state index in [2.05, 4.69) is 17.1 Å². The largest absolute Gasteiger partial charge is 0.354 e. The number of amides is 1. The van der Waals surface area contributed by atoms with Crippen LogP contribution >= 0.6 is 0 Å². The molecule has 1 saturated heterocycles. The summed E-state index contributed by atoms with van der Waals surface area (Å²) in [6.45, 7) is 5.68. The molecule has 64 valence electrons. The molecule has 0 bridgehead atoms. The van der Waals surface area contributed by atoms with Crippen molar-refractivity contribution in [3.63, 3.8) is 0 Å². The maximum atomic E-state index is 10.9. The molecule has 3 nitrogen and oxygen atoms in total. The molecule has 0 aliphatic carbocycles. The van der Waals surface area contributed by atoms with Crippen molar-refractivity contribution in [1.82, 2.24) is 10.2 Å². The second-order valence-electron chi connectivity index (χ2n) is 2.98. The van der Waals surface area contributed by atoms with Gasteiger partial charge < -0.3 is 5.32 Å². The first kappa shape index (κ1) is 8.53. The Morgan fingerprint density at radius 3 is 3.09 bits per heavy atom. The molecule has 3 heteroatoms. The van der Waals surface area contributed by atoms with E-state index < -0.39 is 0 Å². The number of carbonyl (C=O) groups is 1. The number of nitrogens with zero attached hydrogens (tertiary/aromatic N) is 1. The molecule has 1 amide bonds. The van der Waals surface area contributed by atoms with E-state index in [1.807, 2.05) is 0 Å². The molecule has 1 N–H and O–H groups in total. The minimum Gasteiger partial charge on any atom is -0.354 e. The zero-order chi connectivity index (χ0) is 8.10. The molecule has 0 aromatic heterocycles. The van der Waals surface area contributed by atoms with Gasteiger partial charge in [0, 0.05) is 13.1 Å². The number of hydrogen-bond donors (Lipinski definition) is 1. The van der Waals surface area contributed by atoms with Crippen LogP contribution in [0.15, 0.2) is 0 Å². The molecule has 11 heavy (non-hydrogen) atoms. The lowest BCUT2D eigenvalue weighted by molar-refractivity contribution is -0.124. The standard InChI is InChI=1S/C8H16N2O/c1-2-3-5-10-6-4-9-8(11)7-10/h2-7H2,1H3,(H,9,11). The van der Waals surface area contributed by atoms with Crippen LogP contribution in [0.4, 0.5) is 0 Å². The van der Waals surface area contributed by atoms with Gasteiger partial charge >= 0.3 is 0 Å². The average molecular weight is 156 g/mol. The van der Waals surface area contributed by atoms with Gasteiger partial charge in [0.05, 0.1) is 6.54 Å². The molecular weight excluding hydrogens is 140 g/mol. The smallest absolute Gasteiger partial charge is 0.234 e. The van der Waals surface area contributed by atoms with Gasteiger partial charge in [0.1, 0.15) is 0 Å². The van der Waals surface area contributed by atoms with E-state index in [1.54, 1.807) is 0 Å². The Morgan fingerprint density at radius 1 is 1.64 bits per heavy atom. The maximum absolute atomic E-state index is 10.9. The fourth-order valence-corrected chi connectivity index (χ4v) is 1.26. The number of carbonyl (C=O) groups excluding carboxylic acids is 1. The molecule has 1 rings (SSSR count). The highest BCUT2D eigenvalue weighted by Gasteiger charge is 2.14. The van der Waals surface area contributed by atoms with Gasteiger partial charge in [-0.15, -0.1) is 0 Å². The highest BCUT2D eigenvalue weighted by atomic mass is 16.2. The summed E-state index contributed by atoms with van der Waals surface area (Å²) in [4.78, 5) is 13.1. The van der Waals surface area contributed by atoms with Crippen molar-refractivity contribution >= 4 is 5.91 Å². The van der Waals surface area contributed by atoms with Crippen LogP contribution < -0.4 is 5.32 Å². The number of unbranched alkanes of at least 4 members (excludes halogenated alkanes) is 1. The third-order valence-corrected chi connectivity index (χ3v) is 1.95. The van der Waals surface area contributed by atoms with Crippen molar-refractivity contribution in [1.29, 1.82) is 0 Å². The summed E-state index contributed by atoms with van der Waals surface area (Å²) in [6, 6.07) is 0. The van der Waals surface area contributed by atoms with Gasteiger partial charge in [-0.1, -0.05) is 13.3 Å². The van der Waals surface area contributed by atoms with Crippen molar-refractivity contribution in [2.45, 2.75) is 19.8 Å². The average Bonchev–Trinajstić information content (AvgIpc) is 2.01. The topological polar surface area (TPSA) is 32.3 Å². The van der Waals surface area contributed by atoms with E-state index in [4.69, 9.17) is 0 Å². The Bertz CT molecular complexity index is 136. The van der Waals surface area contributed by atoms with Crippen LogP contribution in [0, 0.1) is 0 Å². The minimum atomic E-state index is 0.173. The Kier molecular flexibility index (Phi) is 3.36. The first-order valence-corrected chi connectivity index (χ1v) is 4.32. The van der Waals surface area contributed by atoms with E-state index in [1.165, 1.54) is 12.8 Å². The summed E-state index contributed by atoms with van der Waals surface area (Å²) in [6.07, 6.45) is 2.41. The number of nitrogens with one attached hydrogen (secondary N) is 1. The summed E-state index contributed by atoms with van der Waals surface area (Å²) in [7, 11) is 0. The lowest BCUT2D eigenvalue weighted by Gasteiger charge is -2.25. The summed E-state index contributed by atoms with van der Waals surface area (Å²) in [5.41, 5.74) is 0. The summed E-state index contributed by atoms with van der Waals surface area (Å²) < 4.78 is 0. The molecule has 1 heterocycles. The Hall–Kier alpha value is -0.570. The van der Waals surface area contributed by atoms with Crippen molar-refractivity contribution in [2.75, 3.05) is 26.2 Å². The second-order valence-corrected chi connectivity index (χ2v) is 2.98. The molecule has 1 aliphatic rings. The second kappa shape index (κ2) is 4.34. The van der Waals surface area contributed by atoms with Crippen LogP contribution in [0.5, 0.6) is 0 Å². The Morgan fingerprint density at radius 2 is 2.45 bits per heavy atom. The van der Waals surface area contributed by atoms with E-state index in [9.17, 15) is 4.79 Å². The highest BCUT2D eigenvalue weighted by Crippen LogP contribution is 1.96. The van der Waals surface area contributed by atoms with E-state index in [-0.39, 0.29) is 5.91 Å². The van der Waals surface area contributed by atoms with Gasteiger partial charge in [-0.3, -0.25) is 9.69 Å². The van der Waals surface area contributed by atoms with Gasteiger partial charge in [0.2, 0.25) is 5.91 Å². The van der Waals surface area contributed by atoms with Gasteiger partial charge in [0.25, 0.3) is 0 Å². The molecule has 0 atom stereocenters. The Balaban J connectivity index is 2.17. The normalized spacial score (nSPS) is 19.9. The van der Waals surface area contributed by atoms with Crippen LogP contribution in [0.2, 0.25) is 0 Å². The summed E-state index contributed by atoms with van der Waals surface area (Å²) in [5, 5.41) is 2.81. The van der Waals surface area contributed by atoms with Crippen molar-refractivity contribution in [3.8, 4) is 0 Å². The van der Waals surface area contributed by atoms with Crippen LogP contribution in [-0.2, 0) is 4.79 Å². The lowest BCUT2D eigenvalue weighted by Crippen LogP contribution is -2.47. The van der Waals surface area contributed by atoms with Crippen LogP contribution in [0.3, 0.4) is 0 Å². The molecule has 0 spiro atoms. The number of hydrogen-bond acceptors (Lipinski definition) is 2. The molecule has 0 aromatic carbocycles. The third-order valence-electron chi connectivity index (χ3n) is 1.95. The zero-order valence-electron chi connectivity index (χ0n) is 7.10. The molecule has 0 radical (unpaired) electrons. The summed E-state index contributed by atoms with van der Waals surface area (Å²) >= 11 is 0. The maximum Gasteiger partial charge on any atom is 0.234 e. The Labute approximate surface area is 67.8 Å². The lowest BCUT2D eigenvalue weighted by atomic mass is 10.3. The molecule has 0 aromatic rings. The first-order valence-electron chi connectivity index (χ1n) is 4.32. The predicted octanol–water partition coefficient (Wildman–Crippen LogP) is 0.218. The monoisotopic (exact) mass is 156 g/mol. The number of piperazine rings is 1. The van der Waals surface area contributed by atoms with E-state index in [0.29, 0.717) is 6.54 Å². The van der Waals surface area contributed by atoms with Crippen LogP contribution in [0.1, 0.15) is 19.8 Å². The molecule has 0 unspecified atom stereocenters. The number of rotatable bonds is 3.